The van der Waals surface area contributed by atoms with Gasteiger partial charge in [0.1, 0.15) is 5.76 Å². The van der Waals surface area contributed by atoms with Crippen LogP contribution in [0.2, 0.25) is 0 Å². The molecule has 0 aliphatic rings. The molecule has 7 heteroatoms. The number of amides is 1. The first-order valence-electron chi connectivity index (χ1n) is 8.46. The number of thiocarbonyl (C=S) groups is 1. The fourth-order valence-electron chi connectivity index (χ4n) is 2.69. The highest BCUT2D eigenvalue weighted by Gasteiger charge is 2.15. The molecule has 142 valence electrons. The number of furan rings is 1. The number of benzene rings is 2. The Labute approximate surface area is 167 Å². The third-order valence-corrected chi connectivity index (χ3v) is 4.22. The van der Waals surface area contributed by atoms with E-state index in [1.165, 1.54) is 6.07 Å². The van der Waals surface area contributed by atoms with Gasteiger partial charge in [0.15, 0.2) is 5.11 Å². The number of carbonyl (C=O) groups is 2. The Morgan fingerprint density at radius 1 is 1.00 bits per heavy atom. The van der Waals surface area contributed by atoms with Crippen molar-refractivity contribution in [2.45, 2.75) is 13.8 Å². The highest BCUT2D eigenvalue weighted by Crippen LogP contribution is 2.30. The van der Waals surface area contributed by atoms with E-state index in [-0.39, 0.29) is 16.8 Å². The van der Waals surface area contributed by atoms with Crippen LogP contribution in [0.25, 0.3) is 11.3 Å². The highest BCUT2D eigenvalue weighted by molar-refractivity contribution is 7.80. The molecule has 28 heavy (non-hydrogen) atoms. The summed E-state index contributed by atoms with van der Waals surface area (Å²) in [5.41, 5.74) is 3.67. The number of nitrogens with one attached hydrogen (secondary N) is 2. The molecule has 3 rings (SSSR count). The lowest BCUT2D eigenvalue weighted by atomic mass is 10.1. The lowest BCUT2D eigenvalue weighted by Crippen LogP contribution is -2.34. The molecule has 0 saturated carbocycles. The summed E-state index contributed by atoms with van der Waals surface area (Å²) in [5.74, 6) is -1.24. The van der Waals surface area contributed by atoms with Crippen molar-refractivity contribution in [2.24, 2.45) is 0 Å². The molecule has 3 N–H and O–H groups in total. The van der Waals surface area contributed by atoms with E-state index < -0.39 is 5.97 Å². The minimum absolute atomic E-state index is 0.128. The molecule has 0 bridgehead atoms. The van der Waals surface area contributed by atoms with Crippen molar-refractivity contribution < 1.29 is 19.1 Å². The Balaban J connectivity index is 1.81. The SMILES string of the molecule is Cc1cccc(C(=O)NC(=S)Nc2cc(C)ccc2-c2ccc(C(=O)O)o2)c1. The zero-order chi connectivity index (χ0) is 20.3. The Bertz CT molecular complexity index is 1070. The minimum atomic E-state index is -1.14. The molecule has 0 aliphatic heterocycles. The Morgan fingerprint density at radius 3 is 2.43 bits per heavy atom. The molecule has 0 atom stereocenters. The number of hydrogen-bond acceptors (Lipinski definition) is 4. The predicted octanol–water partition coefficient (Wildman–Crippen LogP) is 4.39. The first-order valence-corrected chi connectivity index (χ1v) is 8.87. The number of rotatable bonds is 4. The molecule has 3 aromatic rings. The van der Waals surface area contributed by atoms with Gasteiger partial charge in [-0.05, 0) is 68.0 Å². The molecule has 0 aliphatic carbocycles. The molecular formula is C21H18N2O4S. The minimum Gasteiger partial charge on any atom is -0.475 e. The third kappa shape index (κ3) is 4.44. The van der Waals surface area contributed by atoms with Gasteiger partial charge in [0.25, 0.3) is 5.91 Å². The van der Waals surface area contributed by atoms with Gasteiger partial charge in [0.05, 0.1) is 5.69 Å². The Morgan fingerprint density at radius 2 is 1.75 bits per heavy atom. The summed E-state index contributed by atoms with van der Waals surface area (Å²) in [7, 11) is 0. The van der Waals surface area contributed by atoms with Crippen LogP contribution >= 0.6 is 12.2 Å². The van der Waals surface area contributed by atoms with Crippen molar-refractivity contribution in [3.05, 3.63) is 77.0 Å². The normalized spacial score (nSPS) is 10.4. The second kappa shape index (κ2) is 8.06. The van der Waals surface area contributed by atoms with Crippen LogP contribution in [0.5, 0.6) is 0 Å². The van der Waals surface area contributed by atoms with Gasteiger partial charge in [0, 0.05) is 11.1 Å². The predicted molar refractivity (Wildman–Crippen MR) is 111 cm³/mol. The van der Waals surface area contributed by atoms with E-state index in [9.17, 15) is 9.59 Å². The van der Waals surface area contributed by atoms with E-state index in [2.05, 4.69) is 10.6 Å². The monoisotopic (exact) mass is 394 g/mol. The van der Waals surface area contributed by atoms with Gasteiger partial charge in [-0.3, -0.25) is 10.1 Å². The van der Waals surface area contributed by atoms with Crippen molar-refractivity contribution in [2.75, 3.05) is 5.32 Å². The summed E-state index contributed by atoms with van der Waals surface area (Å²) in [5, 5.41) is 14.8. The first kappa shape index (κ1) is 19.3. The molecule has 0 radical (unpaired) electrons. The third-order valence-electron chi connectivity index (χ3n) is 4.01. The van der Waals surface area contributed by atoms with E-state index in [0.29, 0.717) is 22.6 Å². The van der Waals surface area contributed by atoms with Crippen molar-refractivity contribution in [3.8, 4) is 11.3 Å². The topological polar surface area (TPSA) is 91.6 Å². The summed E-state index contributed by atoms with van der Waals surface area (Å²) in [6, 6.07) is 15.7. The molecule has 1 amide bonds. The van der Waals surface area contributed by atoms with E-state index in [1.807, 2.05) is 32.0 Å². The molecule has 6 nitrogen and oxygen atoms in total. The summed E-state index contributed by atoms with van der Waals surface area (Å²) in [6.07, 6.45) is 0. The average molecular weight is 394 g/mol. The van der Waals surface area contributed by atoms with Crippen molar-refractivity contribution in [1.82, 2.24) is 5.32 Å². The van der Waals surface area contributed by atoms with Crippen LogP contribution in [0.15, 0.2) is 59.0 Å². The quantitative estimate of drug-likeness (QED) is 0.569. The smallest absolute Gasteiger partial charge is 0.371 e. The maximum atomic E-state index is 12.4. The first-order chi connectivity index (χ1) is 13.3. The largest absolute Gasteiger partial charge is 0.475 e. The standard InChI is InChI=1S/C21H18N2O4S/c1-12-4-3-5-14(10-12)19(24)23-21(28)22-16-11-13(2)6-7-15(16)17-8-9-18(27-17)20(25)26/h3-11H,1-2H3,(H,25,26)(H2,22,23,24,28). The van der Waals surface area contributed by atoms with Gasteiger partial charge in [-0.1, -0.05) is 23.8 Å². The van der Waals surface area contributed by atoms with E-state index in [1.54, 1.807) is 30.3 Å². The number of anilines is 1. The lowest BCUT2D eigenvalue weighted by Gasteiger charge is -2.13. The van der Waals surface area contributed by atoms with Gasteiger partial charge in [-0.25, -0.2) is 4.79 Å². The number of carboxylic acid groups (broad SMARTS) is 1. The summed E-state index contributed by atoms with van der Waals surface area (Å²) in [6.45, 7) is 3.81. The van der Waals surface area contributed by atoms with Crippen LogP contribution in [-0.2, 0) is 0 Å². The van der Waals surface area contributed by atoms with Gasteiger partial charge in [-0.2, -0.15) is 0 Å². The average Bonchev–Trinajstić information content (AvgIpc) is 3.12. The zero-order valence-corrected chi connectivity index (χ0v) is 16.1. The molecule has 2 aromatic carbocycles. The van der Waals surface area contributed by atoms with E-state index in [0.717, 1.165) is 11.1 Å². The summed E-state index contributed by atoms with van der Waals surface area (Å²) >= 11 is 5.28. The number of carboxylic acids is 1. The van der Waals surface area contributed by atoms with Crippen LogP contribution in [-0.4, -0.2) is 22.1 Å². The fourth-order valence-corrected chi connectivity index (χ4v) is 2.89. The van der Waals surface area contributed by atoms with E-state index in [4.69, 9.17) is 21.7 Å². The lowest BCUT2D eigenvalue weighted by molar-refractivity contribution is 0.0663. The Hall–Kier alpha value is -3.45. The molecule has 1 aromatic heterocycles. The number of aromatic carboxylic acids is 1. The maximum Gasteiger partial charge on any atom is 0.371 e. The molecule has 0 saturated heterocycles. The van der Waals surface area contributed by atoms with E-state index >= 15 is 0 Å². The number of carbonyl (C=O) groups excluding carboxylic acids is 1. The fraction of sp³-hybridized carbons (Fsp3) is 0.0952. The van der Waals surface area contributed by atoms with Crippen molar-refractivity contribution >= 4 is 34.9 Å². The molecule has 0 spiro atoms. The maximum absolute atomic E-state index is 12.4. The molecule has 0 unspecified atom stereocenters. The van der Waals surface area contributed by atoms with Crippen LogP contribution in [0.3, 0.4) is 0 Å². The van der Waals surface area contributed by atoms with Gasteiger partial charge >= 0.3 is 5.97 Å². The van der Waals surface area contributed by atoms with Gasteiger partial charge < -0.3 is 14.8 Å². The second-order valence-corrected chi connectivity index (χ2v) is 6.70. The van der Waals surface area contributed by atoms with Crippen LogP contribution in [0.1, 0.15) is 32.0 Å². The Kier molecular flexibility index (Phi) is 5.56. The highest BCUT2D eigenvalue weighted by atomic mass is 32.1. The molecular weight excluding hydrogens is 376 g/mol. The second-order valence-electron chi connectivity index (χ2n) is 6.30. The number of aryl methyl sites for hydroxylation is 2. The van der Waals surface area contributed by atoms with Crippen LogP contribution in [0.4, 0.5) is 5.69 Å². The molecule has 1 heterocycles. The summed E-state index contributed by atoms with van der Waals surface area (Å²) < 4.78 is 5.39. The van der Waals surface area contributed by atoms with Gasteiger partial charge in [0.2, 0.25) is 5.76 Å². The van der Waals surface area contributed by atoms with Crippen molar-refractivity contribution in [3.63, 3.8) is 0 Å². The summed E-state index contributed by atoms with van der Waals surface area (Å²) in [4.78, 5) is 23.4. The number of hydrogen-bond donors (Lipinski definition) is 3. The van der Waals surface area contributed by atoms with Gasteiger partial charge in [-0.15, -0.1) is 0 Å². The van der Waals surface area contributed by atoms with Crippen molar-refractivity contribution in [1.29, 1.82) is 0 Å². The van der Waals surface area contributed by atoms with Crippen LogP contribution < -0.4 is 10.6 Å². The molecule has 0 fully saturated rings. The van der Waals surface area contributed by atoms with Crippen LogP contribution in [0, 0.1) is 13.8 Å². The zero-order valence-electron chi connectivity index (χ0n) is 15.3.